The van der Waals surface area contributed by atoms with Crippen molar-refractivity contribution in [2.75, 3.05) is 18.2 Å². The first-order valence-electron chi connectivity index (χ1n) is 7.54. The highest BCUT2D eigenvalue weighted by molar-refractivity contribution is 7.89. The number of hydrogen-bond acceptors (Lipinski definition) is 3. The summed E-state index contributed by atoms with van der Waals surface area (Å²) in [5.41, 5.74) is 0.805. The van der Waals surface area contributed by atoms with Gasteiger partial charge in [0, 0.05) is 30.7 Å². The molecule has 1 aliphatic rings. The largest absolute Gasteiger partial charge is 0.261 e. The first kappa shape index (κ1) is 16.7. The SMILES string of the molecule is O=S(=O)(CCc1ccccn1)NCC1CCCCC1CCl. The van der Waals surface area contributed by atoms with Crippen LogP contribution < -0.4 is 4.72 Å². The Balaban J connectivity index is 1.80. The van der Waals surface area contributed by atoms with E-state index in [1.807, 2.05) is 18.2 Å². The topological polar surface area (TPSA) is 59.1 Å². The van der Waals surface area contributed by atoms with Crippen LogP contribution in [0.5, 0.6) is 0 Å². The maximum Gasteiger partial charge on any atom is 0.211 e. The van der Waals surface area contributed by atoms with E-state index in [-0.39, 0.29) is 5.75 Å². The molecular weight excluding hydrogens is 308 g/mol. The summed E-state index contributed by atoms with van der Waals surface area (Å²) in [6, 6.07) is 5.54. The maximum atomic E-state index is 12.1. The molecule has 1 N–H and O–H groups in total. The number of pyridine rings is 1. The molecule has 0 spiro atoms. The first-order chi connectivity index (χ1) is 10.1. The van der Waals surface area contributed by atoms with Gasteiger partial charge in [-0.05, 0) is 36.8 Å². The molecule has 1 aromatic rings. The zero-order valence-corrected chi connectivity index (χ0v) is 13.7. The molecule has 4 nitrogen and oxygen atoms in total. The Morgan fingerprint density at radius 2 is 2.00 bits per heavy atom. The summed E-state index contributed by atoms with van der Waals surface area (Å²) >= 11 is 5.98. The third kappa shape index (κ3) is 5.57. The van der Waals surface area contributed by atoms with Crippen molar-refractivity contribution in [1.29, 1.82) is 0 Å². The fourth-order valence-electron chi connectivity index (χ4n) is 2.85. The van der Waals surface area contributed by atoms with Crippen LogP contribution in [0.25, 0.3) is 0 Å². The minimum atomic E-state index is -3.24. The monoisotopic (exact) mass is 330 g/mol. The molecule has 0 radical (unpaired) electrons. The summed E-state index contributed by atoms with van der Waals surface area (Å²) < 4.78 is 26.9. The smallest absolute Gasteiger partial charge is 0.211 e. The van der Waals surface area contributed by atoms with Gasteiger partial charge in [-0.25, -0.2) is 13.1 Å². The van der Waals surface area contributed by atoms with Crippen molar-refractivity contribution >= 4 is 21.6 Å². The summed E-state index contributed by atoms with van der Waals surface area (Å²) in [5, 5.41) is 0. The number of rotatable bonds is 7. The van der Waals surface area contributed by atoms with Gasteiger partial charge >= 0.3 is 0 Å². The molecule has 2 unspecified atom stereocenters. The second kappa shape index (κ2) is 8.11. The summed E-state index contributed by atoms with van der Waals surface area (Å²) in [7, 11) is -3.24. The number of sulfonamides is 1. The van der Waals surface area contributed by atoms with Gasteiger partial charge in [0.05, 0.1) is 5.75 Å². The average molecular weight is 331 g/mol. The zero-order chi connectivity index (χ0) is 15.1. The minimum absolute atomic E-state index is 0.0856. The minimum Gasteiger partial charge on any atom is -0.261 e. The van der Waals surface area contributed by atoms with Crippen LogP contribution in [0.4, 0.5) is 0 Å². The van der Waals surface area contributed by atoms with Crippen LogP contribution in [0.1, 0.15) is 31.4 Å². The summed E-state index contributed by atoms with van der Waals surface area (Å²) in [5.74, 6) is 1.53. The number of nitrogens with zero attached hydrogens (tertiary/aromatic N) is 1. The van der Waals surface area contributed by atoms with Crippen molar-refractivity contribution in [3.05, 3.63) is 30.1 Å². The summed E-state index contributed by atoms with van der Waals surface area (Å²) in [4.78, 5) is 4.15. The van der Waals surface area contributed by atoms with Crippen LogP contribution in [-0.4, -0.2) is 31.6 Å². The summed E-state index contributed by atoms with van der Waals surface area (Å²) in [6.07, 6.45) is 6.69. The van der Waals surface area contributed by atoms with Crippen molar-refractivity contribution < 1.29 is 8.42 Å². The average Bonchev–Trinajstić information content (AvgIpc) is 2.52. The Bertz CT molecular complexity index is 522. The second-order valence-electron chi connectivity index (χ2n) is 5.70. The number of aromatic nitrogens is 1. The molecule has 2 rings (SSSR count). The molecule has 0 bridgehead atoms. The molecule has 0 saturated heterocycles. The van der Waals surface area contributed by atoms with Crippen molar-refractivity contribution in [2.45, 2.75) is 32.1 Å². The van der Waals surface area contributed by atoms with Gasteiger partial charge in [0.15, 0.2) is 0 Å². The lowest BCUT2D eigenvalue weighted by atomic mass is 9.80. The third-order valence-corrected chi connectivity index (χ3v) is 5.93. The molecule has 1 aromatic heterocycles. The van der Waals surface area contributed by atoms with Crippen molar-refractivity contribution in [3.63, 3.8) is 0 Å². The number of aryl methyl sites for hydroxylation is 1. The normalized spacial score (nSPS) is 23.1. The molecule has 1 aliphatic carbocycles. The summed E-state index contributed by atoms with van der Waals surface area (Å²) in [6.45, 7) is 0.516. The number of alkyl halides is 1. The van der Waals surface area contributed by atoms with Crippen LogP contribution in [0.3, 0.4) is 0 Å². The molecule has 0 aliphatic heterocycles. The lowest BCUT2D eigenvalue weighted by Crippen LogP contribution is -2.36. The fraction of sp³-hybridized carbons (Fsp3) is 0.667. The number of nitrogens with one attached hydrogen (secondary N) is 1. The van der Waals surface area contributed by atoms with Gasteiger partial charge in [-0.2, -0.15) is 0 Å². The van der Waals surface area contributed by atoms with E-state index in [2.05, 4.69) is 9.71 Å². The molecule has 21 heavy (non-hydrogen) atoms. The van der Waals surface area contributed by atoms with E-state index < -0.39 is 10.0 Å². The van der Waals surface area contributed by atoms with Gasteiger partial charge in [-0.1, -0.05) is 18.9 Å². The Hall–Kier alpha value is -0.650. The Morgan fingerprint density at radius 3 is 2.67 bits per heavy atom. The molecule has 1 saturated carbocycles. The predicted molar refractivity (Wildman–Crippen MR) is 85.9 cm³/mol. The Kier molecular flexibility index (Phi) is 6.45. The van der Waals surface area contributed by atoms with Crippen LogP contribution in [0.15, 0.2) is 24.4 Å². The van der Waals surface area contributed by atoms with Crippen LogP contribution in [0.2, 0.25) is 0 Å². The van der Waals surface area contributed by atoms with Gasteiger partial charge in [-0.3, -0.25) is 4.98 Å². The standard InChI is InChI=1S/C15H23ClN2O2S/c16-11-13-5-1-2-6-14(13)12-18-21(19,20)10-8-15-7-3-4-9-17-15/h3-4,7,9,13-14,18H,1-2,5-6,8,10-12H2. The highest BCUT2D eigenvalue weighted by Crippen LogP contribution is 2.30. The van der Waals surface area contributed by atoms with Gasteiger partial charge < -0.3 is 0 Å². The molecule has 1 heterocycles. The molecule has 0 amide bonds. The predicted octanol–water partition coefficient (Wildman–Crippen LogP) is 2.59. The Labute approximate surface area is 132 Å². The number of halogens is 1. The van der Waals surface area contributed by atoms with Gasteiger partial charge in [-0.15, -0.1) is 11.6 Å². The van der Waals surface area contributed by atoms with Crippen molar-refractivity contribution in [2.24, 2.45) is 11.8 Å². The zero-order valence-electron chi connectivity index (χ0n) is 12.2. The van der Waals surface area contributed by atoms with E-state index in [1.54, 1.807) is 6.20 Å². The highest BCUT2D eigenvalue weighted by Gasteiger charge is 2.25. The molecule has 2 atom stereocenters. The van der Waals surface area contributed by atoms with E-state index in [1.165, 1.54) is 12.8 Å². The lowest BCUT2D eigenvalue weighted by Gasteiger charge is -2.30. The van der Waals surface area contributed by atoms with E-state index in [9.17, 15) is 8.42 Å². The lowest BCUT2D eigenvalue weighted by molar-refractivity contribution is 0.260. The van der Waals surface area contributed by atoms with Gasteiger partial charge in [0.1, 0.15) is 0 Å². The number of hydrogen-bond donors (Lipinski definition) is 1. The molecule has 6 heteroatoms. The third-order valence-electron chi connectivity index (χ3n) is 4.18. The van der Waals surface area contributed by atoms with Crippen LogP contribution >= 0.6 is 11.6 Å². The van der Waals surface area contributed by atoms with Gasteiger partial charge in [0.25, 0.3) is 0 Å². The van der Waals surface area contributed by atoms with E-state index in [0.29, 0.717) is 30.7 Å². The van der Waals surface area contributed by atoms with Crippen LogP contribution in [0, 0.1) is 11.8 Å². The first-order valence-corrected chi connectivity index (χ1v) is 9.72. The van der Waals surface area contributed by atoms with Crippen molar-refractivity contribution in [3.8, 4) is 0 Å². The quantitative estimate of drug-likeness (QED) is 0.782. The highest BCUT2D eigenvalue weighted by atomic mass is 35.5. The molecule has 0 aromatic carbocycles. The molecule has 1 fully saturated rings. The van der Waals surface area contributed by atoms with Crippen molar-refractivity contribution in [1.82, 2.24) is 9.71 Å². The van der Waals surface area contributed by atoms with E-state index in [0.717, 1.165) is 18.5 Å². The van der Waals surface area contributed by atoms with E-state index >= 15 is 0 Å². The molecular formula is C15H23ClN2O2S. The molecule has 118 valence electrons. The fourth-order valence-corrected chi connectivity index (χ4v) is 4.34. The van der Waals surface area contributed by atoms with E-state index in [4.69, 9.17) is 11.6 Å². The second-order valence-corrected chi connectivity index (χ2v) is 7.93. The van der Waals surface area contributed by atoms with Crippen LogP contribution in [-0.2, 0) is 16.4 Å². The Morgan fingerprint density at radius 1 is 1.24 bits per heavy atom. The van der Waals surface area contributed by atoms with Gasteiger partial charge in [0.2, 0.25) is 10.0 Å². The maximum absolute atomic E-state index is 12.1.